The van der Waals surface area contributed by atoms with Gasteiger partial charge in [-0.25, -0.2) is 0 Å². The third kappa shape index (κ3) is 3.75. The van der Waals surface area contributed by atoms with Gasteiger partial charge in [0, 0.05) is 30.2 Å². The minimum Gasteiger partial charge on any atom is -0.508 e. The molecule has 0 saturated carbocycles. The van der Waals surface area contributed by atoms with Crippen LogP contribution >= 0.6 is 0 Å². The predicted octanol–water partition coefficient (Wildman–Crippen LogP) is 4.55. The fourth-order valence-corrected chi connectivity index (χ4v) is 5.75. The number of phenols is 1. The molecule has 0 aliphatic carbocycles. The van der Waals surface area contributed by atoms with Crippen LogP contribution in [0.3, 0.4) is 0 Å². The van der Waals surface area contributed by atoms with Crippen molar-refractivity contribution in [3.8, 4) is 23.0 Å². The molecule has 7 heteroatoms. The molecule has 0 bridgehead atoms. The fourth-order valence-electron chi connectivity index (χ4n) is 5.75. The van der Waals surface area contributed by atoms with Crippen LogP contribution in [0.2, 0.25) is 0 Å². The lowest BCUT2D eigenvalue weighted by molar-refractivity contribution is 0.145. The summed E-state index contributed by atoms with van der Waals surface area (Å²) in [7, 11) is 3.36. The Morgan fingerprint density at radius 2 is 1.81 bits per heavy atom. The number of rotatable bonds is 6. The van der Waals surface area contributed by atoms with Gasteiger partial charge in [0.25, 0.3) is 0 Å². The number of methoxy groups -OCH3 is 2. The van der Waals surface area contributed by atoms with Crippen molar-refractivity contribution in [1.82, 2.24) is 9.47 Å². The van der Waals surface area contributed by atoms with Crippen LogP contribution in [-0.2, 0) is 32.7 Å². The Balaban J connectivity index is 1.35. The van der Waals surface area contributed by atoms with Gasteiger partial charge in [0.2, 0.25) is 0 Å². The number of benzene rings is 3. The first kappa shape index (κ1) is 22.8. The maximum absolute atomic E-state index is 10.2. The summed E-state index contributed by atoms with van der Waals surface area (Å²) in [5.41, 5.74) is 7.03. The first-order chi connectivity index (χ1) is 17.6. The molecule has 36 heavy (non-hydrogen) atoms. The van der Waals surface area contributed by atoms with E-state index in [0.717, 1.165) is 59.6 Å². The summed E-state index contributed by atoms with van der Waals surface area (Å²) < 4.78 is 19.4. The van der Waals surface area contributed by atoms with E-state index in [2.05, 4.69) is 23.1 Å². The van der Waals surface area contributed by atoms with Gasteiger partial charge in [-0.3, -0.25) is 4.90 Å². The third-order valence-electron chi connectivity index (χ3n) is 7.61. The highest BCUT2D eigenvalue weighted by Crippen LogP contribution is 2.45. The average molecular weight is 487 g/mol. The zero-order valence-corrected chi connectivity index (χ0v) is 20.5. The van der Waals surface area contributed by atoms with Gasteiger partial charge >= 0.3 is 0 Å². The third-order valence-corrected chi connectivity index (χ3v) is 7.61. The monoisotopic (exact) mass is 486 g/mol. The standard InChI is InChI=1S/C29H30N2O5/c1-34-21-7-8-25-23(12-21)24-13-26-22-14-28(35-2)29(36-16-18-3-5-20(33)6-4-18)11-19(22)9-10-30(26)15-27(24)31(25)17-32/h3-8,11-12,14,26,32-33H,9-10,13,15-17H2,1-2H3. The van der Waals surface area contributed by atoms with Crippen LogP contribution in [0.1, 0.15) is 34.0 Å². The number of aromatic hydroxyl groups is 1. The van der Waals surface area contributed by atoms with Gasteiger partial charge in [-0.2, -0.15) is 0 Å². The van der Waals surface area contributed by atoms with Crippen molar-refractivity contribution in [1.29, 1.82) is 0 Å². The molecule has 3 aromatic carbocycles. The number of aliphatic hydroxyl groups excluding tert-OH is 1. The van der Waals surface area contributed by atoms with E-state index in [1.165, 1.54) is 22.4 Å². The van der Waals surface area contributed by atoms with E-state index >= 15 is 0 Å². The Labute approximate surface area is 210 Å². The SMILES string of the molecule is COc1ccc2c(c1)c1c(n2CO)CN2CCc3cc(OCc4ccc(O)cc4)c(OC)cc3C2C1. The number of phenolic OH excluding ortho intramolecular Hbond substituents is 1. The molecular weight excluding hydrogens is 456 g/mol. The molecule has 0 radical (unpaired) electrons. The van der Waals surface area contributed by atoms with E-state index in [9.17, 15) is 10.2 Å². The van der Waals surface area contributed by atoms with Crippen LogP contribution in [0.25, 0.3) is 10.9 Å². The summed E-state index contributed by atoms with van der Waals surface area (Å²) in [4.78, 5) is 2.50. The highest BCUT2D eigenvalue weighted by Gasteiger charge is 2.36. The molecule has 0 spiro atoms. The zero-order valence-electron chi connectivity index (χ0n) is 20.5. The quantitative estimate of drug-likeness (QED) is 0.417. The number of fused-ring (bicyclic) bond motifs is 6. The van der Waals surface area contributed by atoms with Crippen molar-refractivity contribution in [2.45, 2.75) is 38.8 Å². The summed E-state index contributed by atoms with van der Waals surface area (Å²) in [5, 5.41) is 20.8. The second-order valence-corrected chi connectivity index (χ2v) is 9.48. The molecular formula is C29H30N2O5. The Morgan fingerprint density at radius 3 is 2.56 bits per heavy atom. The number of ether oxygens (including phenoxy) is 3. The Bertz CT molecular complexity index is 1430. The van der Waals surface area contributed by atoms with E-state index in [1.807, 2.05) is 28.8 Å². The van der Waals surface area contributed by atoms with Crippen LogP contribution in [0.4, 0.5) is 0 Å². The molecule has 1 unspecified atom stereocenters. The van der Waals surface area contributed by atoms with Crippen molar-refractivity contribution in [2.75, 3.05) is 20.8 Å². The molecule has 2 aliphatic heterocycles. The summed E-state index contributed by atoms with van der Waals surface area (Å²) in [5.74, 6) is 2.52. The Kier molecular flexibility index (Phi) is 5.74. The van der Waals surface area contributed by atoms with E-state index in [-0.39, 0.29) is 18.5 Å². The van der Waals surface area contributed by atoms with Crippen LogP contribution in [0, 0.1) is 0 Å². The van der Waals surface area contributed by atoms with Crippen molar-refractivity contribution in [2.24, 2.45) is 0 Å². The number of aromatic nitrogens is 1. The number of hydrogen-bond donors (Lipinski definition) is 2. The largest absolute Gasteiger partial charge is 0.508 e. The van der Waals surface area contributed by atoms with Crippen LogP contribution in [0.5, 0.6) is 23.0 Å². The maximum atomic E-state index is 10.2. The van der Waals surface area contributed by atoms with E-state index in [1.54, 1.807) is 26.4 Å². The normalized spacial score (nSPS) is 16.8. The molecule has 1 aromatic heterocycles. The second kappa shape index (κ2) is 9.08. The van der Waals surface area contributed by atoms with Gasteiger partial charge in [-0.15, -0.1) is 0 Å². The highest BCUT2D eigenvalue weighted by molar-refractivity contribution is 5.87. The van der Waals surface area contributed by atoms with E-state index in [4.69, 9.17) is 14.2 Å². The first-order valence-corrected chi connectivity index (χ1v) is 12.2. The summed E-state index contributed by atoms with van der Waals surface area (Å²) in [6.07, 6.45) is 1.78. The number of hydrogen-bond acceptors (Lipinski definition) is 6. The van der Waals surface area contributed by atoms with Crippen molar-refractivity contribution in [3.63, 3.8) is 0 Å². The Hall–Kier alpha value is -3.68. The number of aliphatic hydroxyl groups is 1. The maximum Gasteiger partial charge on any atom is 0.161 e. The first-order valence-electron chi connectivity index (χ1n) is 12.2. The minimum atomic E-state index is -0.0389. The molecule has 0 fully saturated rings. The minimum absolute atomic E-state index is 0.0389. The Morgan fingerprint density at radius 1 is 0.972 bits per heavy atom. The van der Waals surface area contributed by atoms with Crippen LogP contribution in [0.15, 0.2) is 54.6 Å². The van der Waals surface area contributed by atoms with Gasteiger partial charge in [0.15, 0.2) is 11.5 Å². The average Bonchev–Trinajstić information content (AvgIpc) is 3.22. The highest BCUT2D eigenvalue weighted by atomic mass is 16.5. The zero-order chi connectivity index (χ0) is 24.8. The summed E-state index contributed by atoms with van der Waals surface area (Å²) >= 11 is 0. The molecule has 6 rings (SSSR count). The van der Waals surface area contributed by atoms with Gasteiger partial charge in [-0.1, -0.05) is 12.1 Å². The molecule has 186 valence electrons. The van der Waals surface area contributed by atoms with Gasteiger partial charge in [-0.05, 0) is 77.6 Å². The smallest absolute Gasteiger partial charge is 0.161 e. The molecule has 3 heterocycles. The topological polar surface area (TPSA) is 76.3 Å². The van der Waals surface area contributed by atoms with Crippen molar-refractivity contribution in [3.05, 3.63) is 82.5 Å². The molecule has 1 atom stereocenters. The van der Waals surface area contributed by atoms with Crippen molar-refractivity contribution < 1.29 is 24.4 Å². The van der Waals surface area contributed by atoms with Gasteiger partial charge in [0.05, 0.1) is 19.7 Å². The molecule has 2 aliphatic rings. The fraction of sp³-hybridized carbons (Fsp3) is 0.310. The predicted molar refractivity (Wildman–Crippen MR) is 137 cm³/mol. The van der Waals surface area contributed by atoms with Gasteiger partial charge in [0.1, 0.15) is 24.8 Å². The lowest BCUT2D eigenvalue weighted by Gasteiger charge is -2.41. The van der Waals surface area contributed by atoms with E-state index < -0.39 is 0 Å². The molecule has 4 aromatic rings. The molecule has 0 saturated heterocycles. The second-order valence-electron chi connectivity index (χ2n) is 9.48. The lowest BCUT2D eigenvalue weighted by Crippen LogP contribution is -2.39. The van der Waals surface area contributed by atoms with Crippen LogP contribution in [-0.4, -0.2) is 40.4 Å². The van der Waals surface area contributed by atoms with Crippen LogP contribution < -0.4 is 14.2 Å². The molecule has 7 nitrogen and oxygen atoms in total. The summed E-state index contributed by atoms with van der Waals surface area (Å²) in [6, 6.07) is 17.6. The molecule has 0 amide bonds. The summed E-state index contributed by atoms with van der Waals surface area (Å²) in [6.45, 7) is 2.09. The van der Waals surface area contributed by atoms with E-state index in [0.29, 0.717) is 6.61 Å². The molecule has 2 N–H and O–H groups in total. The van der Waals surface area contributed by atoms with Crippen molar-refractivity contribution >= 4 is 10.9 Å². The number of nitrogens with zero attached hydrogens (tertiary/aromatic N) is 2. The van der Waals surface area contributed by atoms with Gasteiger partial charge < -0.3 is 29.0 Å². The lowest BCUT2D eigenvalue weighted by atomic mass is 9.85.